The Kier molecular flexibility index (Phi) is 4.70. The lowest BCUT2D eigenvalue weighted by atomic mass is 10.0. The molecule has 0 saturated heterocycles. The first kappa shape index (κ1) is 14.5. The van der Waals surface area contributed by atoms with Crippen LogP contribution < -0.4 is 4.74 Å². The van der Waals surface area contributed by atoms with Crippen LogP contribution in [0.1, 0.15) is 30.9 Å². The number of benzene rings is 2. The van der Waals surface area contributed by atoms with Crippen LogP contribution in [-0.4, -0.2) is 6.26 Å². The van der Waals surface area contributed by atoms with Gasteiger partial charge in [-0.3, -0.25) is 0 Å². The minimum atomic E-state index is 0.450. The molecule has 0 saturated carbocycles. The average Bonchev–Trinajstić information content (AvgIpc) is 2.47. The van der Waals surface area contributed by atoms with E-state index in [1.807, 2.05) is 42.7 Å². The largest absolute Gasteiger partial charge is 0.456 e. The summed E-state index contributed by atoms with van der Waals surface area (Å²) in [6.45, 7) is 4.29. The lowest BCUT2D eigenvalue weighted by Crippen LogP contribution is -1.92. The zero-order valence-electron chi connectivity index (χ0n) is 11.9. The number of nitrogens with zero attached hydrogens (tertiary/aromatic N) is 1. The Labute approximate surface area is 124 Å². The smallest absolute Gasteiger partial charge is 0.146 e. The lowest BCUT2D eigenvalue weighted by Gasteiger charge is -2.12. The SMILES string of the molecule is CSc1cccc(Oc2cccc(C(C)C)c2)c1C#N. The average molecular weight is 283 g/mol. The van der Waals surface area contributed by atoms with Crippen molar-refractivity contribution in [3.8, 4) is 17.6 Å². The van der Waals surface area contributed by atoms with Crippen LogP contribution in [0.3, 0.4) is 0 Å². The maximum atomic E-state index is 9.31. The van der Waals surface area contributed by atoms with Gasteiger partial charge >= 0.3 is 0 Å². The maximum absolute atomic E-state index is 9.31. The Morgan fingerprint density at radius 1 is 1.15 bits per heavy atom. The van der Waals surface area contributed by atoms with Crippen molar-refractivity contribution in [3.63, 3.8) is 0 Å². The molecule has 0 N–H and O–H groups in total. The number of rotatable bonds is 4. The van der Waals surface area contributed by atoms with Gasteiger partial charge in [0.05, 0.1) is 0 Å². The molecule has 0 radical (unpaired) electrons. The molecule has 2 rings (SSSR count). The van der Waals surface area contributed by atoms with E-state index in [9.17, 15) is 5.26 Å². The number of ether oxygens (including phenoxy) is 1. The Morgan fingerprint density at radius 3 is 2.55 bits per heavy atom. The van der Waals surface area contributed by atoms with Gasteiger partial charge in [-0.2, -0.15) is 5.26 Å². The molecule has 3 heteroatoms. The van der Waals surface area contributed by atoms with Crippen molar-refractivity contribution >= 4 is 11.8 Å². The van der Waals surface area contributed by atoms with Gasteiger partial charge in [-0.15, -0.1) is 11.8 Å². The second kappa shape index (κ2) is 6.49. The van der Waals surface area contributed by atoms with E-state index >= 15 is 0 Å². The van der Waals surface area contributed by atoms with E-state index in [-0.39, 0.29) is 0 Å². The van der Waals surface area contributed by atoms with Gasteiger partial charge in [-0.25, -0.2) is 0 Å². The summed E-state index contributed by atoms with van der Waals surface area (Å²) in [7, 11) is 0. The van der Waals surface area contributed by atoms with Crippen molar-refractivity contribution in [2.24, 2.45) is 0 Å². The minimum absolute atomic E-state index is 0.450. The fraction of sp³-hybridized carbons (Fsp3) is 0.235. The molecule has 0 unspecified atom stereocenters. The third-order valence-electron chi connectivity index (χ3n) is 3.07. The highest BCUT2D eigenvalue weighted by molar-refractivity contribution is 7.98. The van der Waals surface area contributed by atoms with Crippen LogP contribution in [0, 0.1) is 11.3 Å². The third kappa shape index (κ3) is 3.15. The zero-order chi connectivity index (χ0) is 14.5. The topological polar surface area (TPSA) is 33.0 Å². The standard InChI is InChI=1S/C17H17NOS/c1-12(2)13-6-4-7-14(10-13)19-16-8-5-9-17(20-3)15(16)11-18/h4-10,12H,1-3H3. The van der Waals surface area contributed by atoms with E-state index in [1.165, 1.54) is 5.56 Å². The Morgan fingerprint density at radius 2 is 1.90 bits per heavy atom. The summed E-state index contributed by atoms with van der Waals surface area (Å²) >= 11 is 1.55. The van der Waals surface area contributed by atoms with Crippen molar-refractivity contribution in [3.05, 3.63) is 53.6 Å². The number of hydrogen-bond acceptors (Lipinski definition) is 3. The monoisotopic (exact) mass is 283 g/mol. The fourth-order valence-corrected chi connectivity index (χ4v) is 2.51. The van der Waals surface area contributed by atoms with Crippen LogP contribution in [0.25, 0.3) is 0 Å². The van der Waals surface area contributed by atoms with Crippen molar-refractivity contribution < 1.29 is 4.74 Å². The molecule has 0 aliphatic carbocycles. The van der Waals surface area contributed by atoms with Crippen molar-refractivity contribution in [2.75, 3.05) is 6.26 Å². The van der Waals surface area contributed by atoms with Crippen LogP contribution in [0.15, 0.2) is 47.4 Å². The van der Waals surface area contributed by atoms with Crippen LogP contribution >= 0.6 is 11.8 Å². The summed E-state index contributed by atoms with van der Waals surface area (Å²) in [5.41, 5.74) is 1.82. The van der Waals surface area contributed by atoms with Crippen molar-refractivity contribution in [2.45, 2.75) is 24.7 Å². The Balaban J connectivity index is 2.35. The predicted molar refractivity (Wildman–Crippen MR) is 83.5 cm³/mol. The normalized spacial score (nSPS) is 10.3. The van der Waals surface area contributed by atoms with Gasteiger partial charge < -0.3 is 4.74 Å². The van der Waals surface area contributed by atoms with Gasteiger partial charge in [0.25, 0.3) is 0 Å². The van der Waals surface area contributed by atoms with Gasteiger partial charge in [-0.1, -0.05) is 32.0 Å². The van der Waals surface area contributed by atoms with E-state index in [0.717, 1.165) is 10.6 Å². The maximum Gasteiger partial charge on any atom is 0.146 e. The molecule has 20 heavy (non-hydrogen) atoms. The summed E-state index contributed by atoms with van der Waals surface area (Å²) in [6.07, 6.45) is 1.96. The van der Waals surface area contributed by atoms with E-state index in [1.54, 1.807) is 11.8 Å². The molecule has 0 fully saturated rings. The quantitative estimate of drug-likeness (QED) is 0.723. The molecule has 102 valence electrons. The van der Waals surface area contributed by atoms with Crippen LogP contribution in [0.4, 0.5) is 0 Å². The summed E-state index contributed by atoms with van der Waals surface area (Å²) in [4.78, 5) is 0.935. The predicted octanol–water partition coefficient (Wildman–Crippen LogP) is 5.20. The molecule has 2 nitrogen and oxygen atoms in total. The molecule has 0 amide bonds. The highest BCUT2D eigenvalue weighted by atomic mass is 32.2. The molecule has 0 aliphatic rings. The second-order valence-electron chi connectivity index (χ2n) is 4.77. The molecule has 0 aliphatic heterocycles. The summed E-state index contributed by atoms with van der Waals surface area (Å²) in [6, 6.07) is 15.9. The van der Waals surface area contributed by atoms with Crippen molar-refractivity contribution in [1.29, 1.82) is 5.26 Å². The van der Waals surface area contributed by atoms with Gasteiger partial charge in [0.2, 0.25) is 0 Å². The van der Waals surface area contributed by atoms with E-state index in [4.69, 9.17) is 4.74 Å². The van der Waals surface area contributed by atoms with E-state index in [2.05, 4.69) is 26.0 Å². The molecular weight excluding hydrogens is 266 g/mol. The minimum Gasteiger partial charge on any atom is -0.456 e. The number of hydrogen-bond donors (Lipinski definition) is 0. The molecule has 0 spiro atoms. The Hall–Kier alpha value is -1.92. The van der Waals surface area contributed by atoms with Gasteiger partial charge in [0.1, 0.15) is 23.1 Å². The molecule has 2 aromatic rings. The van der Waals surface area contributed by atoms with Crippen LogP contribution in [-0.2, 0) is 0 Å². The molecule has 0 heterocycles. The van der Waals surface area contributed by atoms with E-state index in [0.29, 0.717) is 17.2 Å². The first-order valence-corrected chi connectivity index (χ1v) is 7.73. The highest BCUT2D eigenvalue weighted by Crippen LogP contribution is 2.32. The van der Waals surface area contributed by atoms with Gasteiger partial charge in [0.15, 0.2) is 0 Å². The van der Waals surface area contributed by atoms with Gasteiger partial charge in [0, 0.05) is 4.90 Å². The summed E-state index contributed by atoms with van der Waals surface area (Å²) in [5, 5.41) is 9.31. The second-order valence-corrected chi connectivity index (χ2v) is 5.62. The Bertz CT molecular complexity index is 644. The molecule has 2 aromatic carbocycles. The highest BCUT2D eigenvalue weighted by Gasteiger charge is 2.10. The van der Waals surface area contributed by atoms with Crippen LogP contribution in [0.2, 0.25) is 0 Å². The molecule has 0 bridgehead atoms. The fourth-order valence-electron chi connectivity index (χ4n) is 1.94. The van der Waals surface area contributed by atoms with Gasteiger partial charge in [-0.05, 0) is 42.0 Å². The number of thioether (sulfide) groups is 1. The lowest BCUT2D eigenvalue weighted by molar-refractivity contribution is 0.478. The number of nitriles is 1. The van der Waals surface area contributed by atoms with Crippen molar-refractivity contribution in [1.82, 2.24) is 0 Å². The first-order valence-electron chi connectivity index (χ1n) is 6.50. The van der Waals surface area contributed by atoms with Crippen LogP contribution in [0.5, 0.6) is 11.5 Å². The summed E-state index contributed by atoms with van der Waals surface area (Å²) in [5.74, 6) is 1.83. The molecule has 0 atom stereocenters. The first-order chi connectivity index (χ1) is 9.65. The summed E-state index contributed by atoms with van der Waals surface area (Å²) < 4.78 is 5.90. The third-order valence-corrected chi connectivity index (χ3v) is 3.85. The zero-order valence-corrected chi connectivity index (χ0v) is 12.7. The molecule has 0 aromatic heterocycles. The van der Waals surface area contributed by atoms with E-state index < -0.39 is 0 Å². The molecular formula is C17H17NOS.